The molecule has 5 N–H and O–H groups in total. The average molecular weight is 317 g/mol. The zero-order chi connectivity index (χ0) is 16.8. The first-order valence-electron chi connectivity index (χ1n) is 8.18. The third kappa shape index (κ3) is 4.60. The Morgan fingerprint density at radius 2 is 2.35 bits per heavy atom. The average Bonchev–Trinajstić information content (AvgIpc) is 2.54. The molecule has 0 spiro atoms. The molecule has 1 aliphatic rings. The lowest BCUT2D eigenvalue weighted by Crippen LogP contribution is -2.50. The van der Waals surface area contributed by atoms with E-state index in [4.69, 9.17) is 11.1 Å². The van der Waals surface area contributed by atoms with Crippen LogP contribution in [0.5, 0.6) is 0 Å². The molecule has 1 aromatic rings. The number of rotatable bonds is 7. The summed E-state index contributed by atoms with van der Waals surface area (Å²) in [4.78, 5) is 6.09. The monoisotopic (exact) mass is 317 g/mol. The van der Waals surface area contributed by atoms with Gasteiger partial charge in [0.25, 0.3) is 0 Å². The highest BCUT2D eigenvalue weighted by molar-refractivity contribution is 6.11. The molecule has 23 heavy (non-hydrogen) atoms. The topological polar surface area (TPSA) is 98.3 Å². The molecule has 0 aliphatic carbocycles. The van der Waals surface area contributed by atoms with Crippen LogP contribution >= 0.6 is 0 Å². The molecule has 1 unspecified atom stereocenters. The van der Waals surface area contributed by atoms with E-state index in [2.05, 4.69) is 17.2 Å². The van der Waals surface area contributed by atoms with Crippen molar-refractivity contribution in [3.63, 3.8) is 0 Å². The summed E-state index contributed by atoms with van der Waals surface area (Å²) >= 11 is 0. The Labute approximate surface area is 137 Å². The van der Waals surface area contributed by atoms with Crippen molar-refractivity contribution in [2.24, 2.45) is 5.73 Å². The fraction of sp³-hybridized carbons (Fsp3) is 0.529. The quantitative estimate of drug-likeness (QED) is 0.346. The summed E-state index contributed by atoms with van der Waals surface area (Å²) in [6, 6.07) is 3.71. The molecule has 2 heterocycles. The van der Waals surface area contributed by atoms with Crippen LogP contribution < -0.4 is 11.1 Å². The molecule has 1 atom stereocenters. The van der Waals surface area contributed by atoms with Gasteiger partial charge in [-0.05, 0) is 32.0 Å². The fourth-order valence-electron chi connectivity index (χ4n) is 2.66. The molecule has 0 amide bonds. The maximum atomic E-state index is 10.3. The lowest BCUT2D eigenvalue weighted by Gasteiger charge is -2.33. The molecule has 1 aliphatic heterocycles. The Bertz CT molecular complexity index is 584. The summed E-state index contributed by atoms with van der Waals surface area (Å²) < 4.78 is 0. The van der Waals surface area contributed by atoms with Gasteiger partial charge in [0.2, 0.25) is 0 Å². The number of unbranched alkanes of at least 4 members (excludes halogenated alkanes) is 1. The van der Waals surface area contributed by atoms with E-state index >= 15 is 0 Å². The first kappa shape index (κ1) is 17.6. The Morgan fingerprint density at radius 1 is 1.57 bits per heavy atom. The maximum absolute atomic E-state index is 10.3. The highest BCUT2D eigenvalue weighted by atomic mass is 16.3. The second-order valence-corrected chi connectivity index (χ2v) is 5.97. The third-order valence-electron chi connectivity index (χ3n) is 4.11. The Hall–Kier alpha value is -1.76. The Morgan fingerprint density at radius 3 is 3.04 bits per heavy atom. The molecule has 2 rings (SSSR count). The normalized spacial score (nSPS) is 17.3. The molecular weight excluding hydrogens is 290 g/mol. The molecule has 1 aromatic heterocycles. The van der Waals surface area contributed by atoms with Crippen LogP contribution in [0, 0.1) is 12.3 Å². The molecule has 0 saturated heterocycles. The minimum absolute atomic E-state index is 0.415. The van der Waals surface area contributed by atoms with Crippen molar-refractivity contribution < 1.29 is 5.11 Å². The highest BCUT2D eigenvalue weighted by Gasteiger charge is 2.25. The number of aliphatic hydroxyl groups excluding tert-OH is 1. The van der Waals surface area contributed by atoms with E-state index in [1.54, 1.807) is 6.20 Å². The van der Waals surface area contributed by atoms with E-state index in [9.17, 15) is 5.11 Å². The number of hydrogen-bond donors (Lipinski definition) is 4. The summed E-state index contributed by atoms with van der Waals surface area (Å²) in [5, 5.41) is 21.8. The summed E-state index contributed by atoms with van der Waals surface area (Å²) in [5.74, 6) is 0. The third-order valence-corrected chi connectivity index (χ3v) is 4.11. The van der Waals surface area contributed by atoms with E-state index < -0.39 is 6.35 Å². The molecule has 126 valence electrons. The van der Waals surface area contributed by atoms with Gasteiger partial charge in [-0.25, -0.2) is 0 Å². The van der Waals surface area contributed by atoms with Gasteiger partial charge < -0.3 is 10.8 Å². The van der Waals surface area contributed by atoms with Crippen molar-refractivity contribution in [2.75, 3.05) is 19.6 Å². The molecular formula is C17H27N5O. The standard InChI is InChI=1S/C17H27N5O/c1-3-4-7-21-17(23)22-9-6-15(18)14(11-22)16(19)13-5-8-20-12(2)10-13/h5,8,10,17,19,21,23H,3-4,6-7,9,11,18H2,1-2H3. The predicted octanol–water partition coefficient (Wildman–Crippen LogP) is 1.34. The molecule has 0 aromatic carbocycles. The van der Waals surface area contributed by atoms with E-state index in [-0.39, 0.29) is 0 Å². The molecule has 6 heteroatoms. The van der Waals surface area contributed by atoms with Gasteiger partial charge in [0, 0.05) is 48.2 Å². The number of aryl methyl sites for hydroxylation is 1. The Kier molecular flexibility index (Phi) is 6.27. The first-order valence-corrected chi connectivity index (χ1v) is 8.18. The van der Waals surface area contributed by atoms with Gasteiger partial charge >= 0.3 is 0 Å². The van der Waals surface area contributed by atoms with Crippen LogP contribution in [0.15, 0.2) is 29.6 Å². The van der Waals surface area contributed by atoms with Crippen LogP contribution in [-0.2, 0) is 0 Å². The molecule has 0 bridgehead atoms. The van der Waals surface area contributed by atoms with E-state index in [0.29, 0.717) is 25.2 Å². The fourth-order valence-corrected chi connectivity index (χ4v) is 2.66. The van der Waals surface area contributed by atoms with Crippen molar-refractivity contribution in [3.05, 3.63) is 40.9 Å². The van der Waals surface area contributed by atoms with Gasteiger partial charge in [0.05, 0.1) is 5.71 Å². The van der Waals surface area contributed by atoms with Gasteiger partial charge in [-0.15, -0.1) is 0 Å². The van der Waals surface area contributed by atoms with Gasteiger partial charge in [0.1, 0.15) is 0 Å². The van der Waals surface area contributed by atoms with Crippen LogP contribution in [-0.4, -0.2) is 46.7 Å². The van der Waals surface area contributed by atoms with Crippen molar-refractivity contribution in [3.8, 4) is 0 Å². The lowest BCUT2D eigenvalue weighted by molar-refractivity contribution is -0.0180. The van der Waals surface area contributed by atoms with E-state index in [0.717, 1.165) is 41.9 Å². The zero-order valence-electron chi connectivity index (χ0n) is 14.0. The first-order chi connectivity index (χ1) is 11.0. The van der Waals surface area contributed by atoms with E-state index in [1.165, 1.54) is 0 Å². The highest BCUT2D eigenvalue weighted by Crippen LogP contribution is 2.19. The number of pyridine rings is 1. The SMILES string of the molecule is CCCCNC(O)N1CCC(N)=C(C(=N)c2ccnc(C)c2)C1. The van der Waals surface area contributed by atoms with Crippen LogP contribution in [0.4, 0.5) is 0 Å². The number of aliphatic hydroxyl groups is 1. The van der Waals surface area contributed by atoms with Crippen molar-refractivity contribution in [2.45, 2.75) is 39.5 Å². The van der Waals surface area contributed by atoms with Crippen LogP contribution in [0.3, 0.4) is 0 Å². The number of aromatic nitrogens is 1. The second-order valence-electron chi connectivity index (χ2n) is 5.97. The van der Waals surface area contributed by atoms with Crippen molar-refractivity contribution >= 4 is 5.71 Å². The number of hydrogen-bond acceptors (Lipinski definition) is 6. The predicted molar refractivity (Wildman–Crippen MR) is 92.1 cm³/mol. The van der Waals surface area contributed by atoms with Crippen LogP contribution in [0.2, 0.25) is 0 Å². The van der Waals surface area contributed by atoms with Gasteiger partial charge in [-0.1, -0.05) is 13.3 Å². The summed E-state index contributed by atoms with van der Waals surface area (Å²) in [6.45, 7) is 5.98. The lowest BCUT2D eigenvalue weighted by atomic mass is 9.97. The molecule has 0 radical (unpaired) electrons. The number of nitrogens with zero attached hydrogens (tertiary/aromatic N) is 2. The van der Waals surface area contributed by atoms with Crippen LogP contribution in [0.1, 0.15) is 37.4 Å². The van der Waals surface area contributed by atoms with Gasteiger partial charge in [0.15, 0.2) is 6.35 Å². The van der Waals surface area contributed by atoms with Crippen molar-refractivity contribution in [1.82, 2.24) is 15.2 Å². The molecule has 6 nitrogen and oxygen atoms in total. The summed E-state index contributed by atoms with van der Waals surface area (Å²) in [7, 11) is 0. The number of nitrogens with one attached hydrogen (secondary N) is 2. The minimum Gasteiger partial charge on any atom is -0.402 e. The number of nitrogens with two attached hydrogens (primary N) is 1. The van der Waals surface area contributed by atoms with Gasteiger partial charge in [-0.3, -0.25) is 20.6 Å². The minimum atomic E-state index is -0.698. The van der Waals surface area contributed by atoms with Crippen LogP contribution in [0.25, 0.3) is 0 Å². The summed E-state index contributed by atoms with van der Waals surface area (Å²) in [6.07, 6.45) is 3.79. The maximum Gasteiger partial charge on any atom is 0.163 e. The molecule has 0 saturated carbocycles. The summed E-state index contributed by atoms with van der Waals surface area (Å²) in [5.41, 5.74) is 9.76. The Balaban J connectivity index is 2.07. The second kappa shape index (κ2) is 8.19. The van der Waals surface area contributed by atoms with Gasteiger partial charge in [-0.2, -0.15) is 0 Å². The molecule has 0 fully saturated rings. The smallest absolute Gasteiger partial charge is 0.163 e. The zero-order valence-corrected chi connectivity index (χ0v) is 14.0. The van der Waals surface area contributed by atoms with Crippen molar-refractivity contribution in [1.29, 1.82) is 5.41 Å². The largest absolute Gasteiger partial charge is 0.402 e. The van der Waals surface area contributed by atoms with E-state index in [1.807, 2.05) is 24.0 Å².